The number of anilines is 1. The van der Waals surface area contributed by atoms with Gasteiger partial charge in [0.15, 0.2) is 5.60 Å². The number of rotatable bonds is 3. The fraction of sp³-hybridized carbons (Fsp3) is 0.417. The van der Waals surface area contributed by atoms with E-state index in [1.807, 2.05) is 0 Å². The van der Waals surface area contributed by atoms with Crippen molar-refractivity contribution in [1.82, 2.24) is 9.78 Å². The molecule has 0 saturated carbocycles. The third-order valence-corrected chi connectivity index (χ3v) is 6.45. The number of aromatic nitrogens is 2. The van der Waals surface area contributed by atoms with E-state index in [-0.39, 0.29) is 11.2 Å². The number of nitrogens with zero attached hydrogens (tertiary/aromatic N) is 2. The third-order valence-electron chi connectivity index (χ3n) is 6.45. The Morgan fingerprint density at radius 2 is 1.94 bits per heavy atom. The van der Waals surface area contributed by atoms with E-state index in [1.165, 1.54) is 20.4 Å². The standard InChI is InChI=1S/C24H26F3N3O3/c1-13-9-15-19(18(10-13)33-5)22(2,3)12-23(32,24(25,26)27)20(15)29-17-8-6-7-14-16(17)11-28-30(4)21(14)31/h6-11,20,29,32H,12H2,1-5H3. The molecule has 0 spiro atoms. The van der Waals surface area contributed by atoms with Crippen molar-refractivity contribution in [2.45, 2.75) is 50.4 Å². The summed E-state index contributed by atoms with van der Waals surface area (Å²) in [5.41, 5.74) is -2.58. The van der Waals surface area contributed by atoms with Gasteiger partial charge in [-0.2, -0.15) is 18.3 Å². The van der Waals surface area contributed by atoms with Gasteiger partial charge in [0.1, 0.15) is 5.75 Å². The minimum Gasteiger partial charge on any atom is -0.496 e. The van der Waals surface area contributed by atoms with Crippen LogP contribution in [0.15, 0.2) is 41.3 Å². The maximum absolute atomic E-state index is 14.4. The molecule has 0 amide bonds. The Balaban J connectivity index is 2.00. The van der Waals surface area contributed by atoms with Crippen molar-refractivity contribution < 1.29 is 23.0 Å². The average Bonchev–Trinajstić information content (AvgIpc) is 2.71. The van der Waals surface area contributed by atoms with E-state index in [4.69, 9.17) is 4.74 Å². The molecular weight excluding hydrogens is 435 g/mol. The highest BCUT2D eigenvalue weighted by Crippen LogP contribution is 2.56. The zero-order valence-electron chi connectivity index (χ0n) is 19.0. The van der Waals surface area contributed by atoms with Crippen LogP contribution in [0.5, 0.6) is 5.75 Å². The van der Waals surface area contributed by atoms with E-state index < -0.39 is 29.7 Å². The lowest BCUT2D eigenvalue weighted by Crippen LogP contribution is -2.58. The lowest BCUT2D eigenvalue weighted by atomic mass is 9.63. The highest BCUT2D eigenvalue weighted by Gasteiger charge is 2.64. The van der Waals surface area contributed by atoms with Crippen LogP contribution in [0.4, 0.5) is 18.9 Å². The molecule has 3 aromatic rings. The van der Waals surface area contributed by atoms with Crippen LogP contribution in [0.3, 0.4) is 0 Å². The van der Waals surface area contributed by atoms with Crippen LogP contribution in [-0.2, 0) is 12.5 Å². The molecule has 6 nitrogen and oxygen atoms in total. The zero-order chi connectivity index (χ0) is 24.3. The second-order valence-corrected chi connectivity index (χ2v) is 9.33. The largest absolute Gasteiger partial charge is 0.496 e. The Morgan fingerprint density at radius 3 is 2.58 bits per heavy atom. The second-order valence-electron chi connectivity index (χ2n) is 9.33. The first-order valence-corrected chi connectivity index (χ1v) is 10.5. The van der Waals surface area contributed by atoms with Crippen molar-refractivity contribution in [3.05, 3.63) is 63.6 Å². The van der Waals surface area contributed by atoms with Crippen molar-refractivity contribution in [2.75, 3.05) is 12.4 Å². The van der Waals surface area contributed by atoms with Crippen molar-refractivity contribution in [3.8, 4) is 5.75 Å². The number of aryl methyl sites for hydroxylation is 2. The molecule has 2 unspecified atom stereocenters. The number of nitrogens with one attached hydrogen (secondary N) is 1. The van der Waals surface area contributed by atoms with Gasteiger partial charge in [0.25, 0.3) is 5.56 Å². The second kappa shape index (κ2) is 7.48. The van der Waals surface area contributed by atoms with Crippen LogP contribution in [0, 0.1) is 6.92 Å². The molecule has 176 valence electrons. The van der Waals surface area contributed by atoms with Crippen LogP contribution in [0.25, 0.3) is 10.8 Å². The molecular formula is C24H26F3N3O3. The fourth-order valence-corrected chi connectivity index (χ4v) is 5.02. The highest BCUT2D eigenvalue weighted by atomic mass is 19.4. The Bertz CT molecular complexity index is 1300. The SMILES string of the molecule is COc1cc(C)cc2c1C(C)(C)CC(O)(C(F)(F)F)C2Nc1cccc2c(=O)n(C)ncc12. The van der Waals surface area contributed by atoms with Gasteiger partial charge in [-0.25, -0.2) is 4.68 Å². The van der Waals surface area contributed by atoms with E-state index >= 15 is 0 Å². The molecule has 0 radical (unpaired) electrons. The molecule has 2 aromatic carbocycles. The number of methoxy groups -OCH3 is 1. The summed E-state index contributed by atoms with van der Waals surface area (Å²) in [6.45, 7) is 5.10. The van der Waals surface area contributed by atoms with Crippen molar-refractivity contribution in [2.24, 2.45) is 7.05 Å². The van der Waals surface area contributed by atoms with E-state index in [9.17, 15) is 23.1 Å². The van der Waals surface area contributed by atoms with Gasteiger partial charge in [-0.1, -0.05) is 26.0 Å². The molecule has 0 aliphatic heterocycles. The average molecular weight is 461 g/mol. The quantitative estimate of drug-likeness (QED) is 0.606. The predicted molar refractivity (Wildman–Crippen MR) is 120 cm³/mol. The van der Waals surface area contributed by atoms with Gasteiger partial charge in [0.2, 0.25) is 0 Å². The molecule has 1 aliphatic carbocycles. The first-order chi connectivity index (χ1) is 15.3. The third kappa shape index (κ3) is 3.55. The molecule has 9 heteroatoms. The summed E-state index contributed by atoms with van der Waals surface area (Å²) in [5.74, 6) is 0.472. The predicted octanol–water partition coefficient (Wildman–Crippen LogP) is 4.38. The number of aliphatic hydroxyl groups is 1. The van der Waals surface area contributed by atoms with Gasteiger partial charge in [-0.05, 0) is 48.1 Å². The molecule has 0 saturated heterocycles. The normalized spacial score (nSPS) is 22.2. The molecule has 2 N–H and O–H groups in total. The zero-order valence-corrected chi connectivity index (χ0v) is 19.0. The molecule has 2 atom stereocenters. The van der Waals surface area contributed by atoms with Gasteiger partial charge >= 0.3 is 6.18 Å². The van der Waals surface area contributed by atoms with Gasteiger partial charge < -0.3 is 15.2 Å². The molecule has 1 aromatic heterocycles. The first kappa shape index (κ1) is 23.1. The Morgan fingerprint density at radius 1 is 1.24 bits per heavy atom. The summed E-state index contributed by atoms with van der Waals surface area (Å²) in [4.78, 5) is 12.5. The summed E-state index contributed by atoms with van der Waals surface area (Å²) in [7, 11) is 2.98. The molecule has 1 heterocycles. The minimum atomic E-state index is -4.92. The Hall–Kier alpha value is -3.07. The molecule has 1 aliphatic rings. The molecule has 33 heavy (non-hydrogen) atoms. The summed E-state index contributed by atoms with van der Waals surface area (Å²) in [6, 6.07) is 6.64. The lowest BCUT2D eigenvalue weighted by Gasteiger charge is -2.49. The first-order valence-electron chi connectivity index (χ1n) is 10.5. The van der Waals surface area contributed by atoms with Crippen LogP contribution in [-0.4, -0.2) is 33.8 Å². The van der Waals surface area contributed by atoms with Crippen molar-refractivity contribution >= 4 is 16.5 Å². The number of alkyl halides is 3. The van der Waals surface area contributed by atoms with E-state index in [0.717, 1.165) is 4.68 Å². The molecule has 0 fully saturated rings. The van der Waals surface area contributed by atoms with E-state index in [0.29, 0.717) is 33.2 Å². The van der Waals surface area contributed by atoms with Gasteiger partial charge in [0, 0.05) is 23.7 Å². The number of halogens is 3. The minimum absolute atomic E-state index is 0.275. The number of fused-ring (bicyclic) bond motifs is 2. The van der Waals surface area contributed by atoms with E-state index in [2.05, 4.69) is 10.4 Å². The van der Waals surface area contributed by atoms with Gasteiger partial charge in [-0.3, -0.25) is 4.79 Å². The Labute approximate surface area is 189 Å². The molecule has 0 bridgehead atoms. The van der Waals surface area contributed by atoms with Gasteiger partial charge in [-0.15, -0.1) is 0 Å². The number of hydrogen-bond donors (Lipinski definition) is 2. The summed E-state index contributed by atoms with van der Waals surface area (Å²) < 4.78 is 50.0. The van der Waals surface area contributed by atoms with Crippen LogP contribution in [0.1, 0.15) is 43.0 Å². The van der Waals surface area contributed by atoms with Crippen molar-refractivity contribution in [3.63, 3.8) is 0 Å². The fourth-order valence-electron chi connectivity index (χ4n) is 5.02. The lowest BCUT2D eigenvalue weighted by molar-refractivity contribution is -0.275. The van der Waals surface area contributed by atoms with E-state index in [1.54, 1.807) is 51.1 Å². The number of benzene rings is 2. The maximum Gasteiger partial charge on any atom is 0.419 e. The van der Waals surface area contributed by atoms with Crippen molar-refractivity contribution in [1.29, 1.82) is 0 Å². The van der Waals surface area contributed by atoms with Gasteiger partial charge in [0.05, 0.1) is 24.7 Å². The maximum atomic E-state index is 14.4. The summed E-state index contributed by atoms with van der Waals surface area (Å²) in [6.07, 6.45) is -4.07. The topological polar surface area (TPSA) is 76.4 Å². The Kier molecular flexibility index (Phi) is 5.24. The van der Waals surface area contributed by atoms with Crippen LogP contribution >= 0.6 is 0 Å². The summed E-state index contributed by atoms with van der Waals surface area (Å²) in [5, 5.41) is 18.9. The number of hydrogen-bond acceptors (Lipinski definition) is 5. The molecule has 4 rings (SSSR count). The van der Waals surface area contributed by atoms with Crippen LogP contribution in [0.2, 0.25) is 0 Å². The summed E-state index contributed by atoms with van der Waals surface area (Å²) >= 11 is 0. The highest BCUT2D eigenvalue weighted by molar-refractivity contribution is 5.92. The number of ether oxygens (including phenoxy) is 1. The smallest absolute Gasteiger partial charge is 0.419 e. The monoisotopic (exact) mass is 461 g/mol. The van der Waals surface area contributed by atoms with Crippen LogP contribution < -0.4 is 15.6 Å².